The predicted octanol–water partition coefficient (Wildman–Crippen LogP) is 2.47. The molecule has 1 saturated heterocycles. The van der Waals surface area contributed by atoms with Crippen molar-refractivity contribution in [3.05, 3.63) is 0 Å². The van der Waals surface area contributed by atoms with Gasteiger partial charge in [0.05, 0.1) is 18.3 Å². The second-order valence-corrected chi connectivity index (χ2v) is 5.26. The molecule has 2 unspecified atom stereocenters. The summed E-state index contributed by atoms with van der Waals surface area (Å²) in [5, 5.41) is 9.59. The Labute approximate surface area is 92.8 Å². The van der Waals surface area contributed by atoms with Crippen LogP contribution in [0.4, 0.5) is 0 Å². The normalized spacial score (nSPS) is 32.2. The highest BCUT2D eigenvalue weighted by Gasteiger charge is 2.36. The smallest absolute Gasteiger partial charge is 0.166 e. The monoisotopic (exact) mass is 216 g/mol. The van der Waals surface area contributed by atoms with Crippen molar-refractivity contribution in [3.63, 3.8) is 0 Å². The Kier molecular flexibility index (Phi) is 4.15. The van der Waals surface area contributed by atoms with Crippen molar-refractivity contribution in [2.45, 2.75) is 70.9 Å². The van der Waals surface area contributed by atoms with Crippen molar-refractivity contribution in [2.24, 2.45) is 0 Å². The van der Waals surface area contributed by atoms with E-state index in [9.17, 15) is 5.11 Å². The van der Waals surface area contributed by atoms with Crippen molar-refractivity contribution in [2.75, 3.05) is 6.61 Å². The van der Waals surface area contributed by atoms with Gasteiger partial charge in [0.2, 0.25) is 0 Å². The Balaban J connectivity index is 2.26. The third-order valence-corrected chi connectivity index (χ3v) is 2.87. The number of ether oxygens (including phenoxy) is 2. The van der Waals surface area contributed by atoms with Crippen molar-refractivity contribution < 1.29 is 14.6 Å². The number of rotatable bonds is 5. The van der Waals surface area contributed by atoms with E-state index >= 15 is 0 Å². The van der Waals surface area contributed by atoms with E-state index in [-0.39, 0.29) is 6.10 Å². The maximum atomic E-state index is 9.59. The van der Waals surface area contributed by atoms with Crippen molar-refractivity contribution in [1.82, 2.24) is 0 Å². The minimum absolute atomic E-state index is 0.247. The van der Waals surface area contributed by atoms with E-state index in [1.807, 2.05) is 20.8 Å². The van der Waals surface area contributed by atoms with E-state index in [0.29, 0.717) is 6.61 Å². The van der Waals surface area contributed by atoms with Crippen LogP contribution in [0.2, 0.25) is 0 Å². The molecule has 1 heterocycles. The van der Waals surface area contributed by atoms with Crippen LogP contribution in [0.5, 0.6) is 0 Å². The highest BCUT2D eigenvalue weighted by atomic mass is 16.7. The molecular weight excluding hydrogens is 192 g/mol. The molecule has 3 heteroatoms. The summed E-state index contributed by atoms with van der Waals surface area (Å²) in [5.41, 5.74) is -0.584. The molecule has 1 N–H and O–H groups in total. The largest absolute Gasteiger partial charge is 0.390 e. The van der Waals surface area contributed by atoms with Crippen LogP contribution >= 0.6 is 0 Å². The summed E-state index contributed by atoms with van der Waals surface area (Å²) >= 11 is 0. The minimum atomic E-state index is -0.584. The Morgan fingerprint density at radius 2 is 2.13 bits per heavy atom. The SMILES string of the molecule is CCC1COC(C)(CCCC(C)(C)O)O1. The highest BCUT2D eigenvalue weighted by molar-refractivity contribution is 4.76. The van der Waals surface area contributed by atoms with Gasteiger partial charge >= 0.3 is 0 Å². The summed E-state index contributed by atoms with van der Waals surface area (Å²) in [4.78, 5) is 0. The third-order valence-electron chi connectivity index (χ3n) is 2.87. The molecule has 1 fully saturated rings. The van der Waals surface area contributed by atoms with Crippen LogP contribution in [0.1, 0.15) is 53.4 Å². The molecule has 0 radical (unpaired) electrons. The van der Waals surface area contributed by atoms with E-state index in [0.717, 1.165) is 25.7 Å². The average Bonchev–Trinajstić information content (AvgIpc) is 2.45. The summed E-state index contributed by atoms with van der Waals surface area (Å²) < 4.78 is 11.5. The van der Waals surface area contributed by atoms with Crippen LogP contribution in [0.15, 0.2) is 0 Å². The Hall–Kier alpha value is -0.120. The zero-order valence-electron chi connectivity index (χ0n) is 10.4. The summed E-state index contributed by atoms with van der Waals surface area (Å²) in [6.07, 6.45) is 3.81. The molecule has 0 bridgehead atoms. The molecule has 2 atom stereocenters. The number of aliphatic hydroxyl groups is 1. The van der Waals surface area contributed by atoms with Gasteiger partial charge in [0.15, 0.2) is 5.79 Å². The van der Waals surface area contributed by atoms with Crippen LogP contribution < -0.4 is 0 Å². The molecule has 3 nitrogen and oxygen atoms in total. The van der Waals surface area contributed by atoms with Crippen LogP contribution in [-0.2, 0) is 9.47 Å². The minimum Gasteiger partial charge on any atom is -0.390 e. The molecule has 0 amide bonds. The first-order valence-corrected chi connectivity index (χ1v) is 5.89. The van der Waals surface area contributed by atoms with E-state index < -0.39 is 11.4 Å². The lowest BCUT2D eigenvalue weighted by molar-refractivity contribution is -0.160. The maximum Gasteiger partial charge on any atom is 0.166 e. The maximum absolute atomic E-state index is 9.59. The molecule has 0 saturated carbocycles. The fourth-order valence-corrected chi connectivity index (χ4v) is 1.86. The second-order valence-electron chi connectivity index (χ2n) is 5.26. The van der Waals surface area contributed by atoms with Gasteiger partial charge in [0.25, 0.3) is 0 Å². The van der Waals surface area contributed by atoms with Gasteiger partial charge in [-0.25, -0.2) is 0 Å². The van der Waals surface area contributed by atoms with Gasteiger partial charge in [-0.2, -0.15) is 0 Å². The molecule has 0 aromatic carbocycles. The quantitative estimate of drug-likeness (QED) is 0.767. The van der Waals surface area contributed by atoms with E-state index in [4.69, 9.17) is 9.47 Å². The van der Waals surface area contributed by atoms with Gasteiger partial charge < -0.3 is 14.6 Å². The van der Waals surface area contributed by atoms with Gasteiger partial charge in [-0.15, -0.1) is 0 Å². The van der Waals surface area contributed by atoms with Gasteiger partial charge in [0, 0.05) is 6.42 Å². The summed E-state index contributed by atoms with van der Waals surface area (Å²) in [6, 6.07) is 0. The standard InChI is InChI=1S/C12H24O3/c1-5-10-9-14-12(4,15-10)8-6-7-11(2,3)13/h10,13H,5-9H2,1-4H3. The lowest BCUT2D eigenvalue weighted by Gasteiger charge is -2.25. The predicted molar refractivity (Wildman–Crippen MR) is 59.7 cm³/mol. The fraction of sp³-hybridized carbons (Fsp3) is 1.00. The molecule has 15 heavy (non-hydrogen) atoms. The van der Waals surface area contributed by atoms with Crippen LogP contribution in [0, 0.1) is 0 Å². The Morgan fingerprint density at radius 1 is 1.47 bits per heavy atom. The summed E-state index contributed by atoms with van der Waals surface area (Å²) in [7, 11) is 0. The summed E-state index contributed by atoms with van der Waals surface area (Å²) in [5.74, 6) is -0.425. The van der Waals surface area contributed by atoms with Gasteiger partial charge in [-0.1, -0.05) is 6.92 Å². The number of hydrogen-bond acceptors (Lipinski definition) is 3. The summed E-state index contributed by atoms with van der Waals surface area (Å²) in [6.45, 7) is 8.47. The first-order chi connectivity index (χ1) is 6.85. The van der Waals surface area contributed by atoms with E-state index in [1.165, 1.54) is 0 Å². The average molecular weight is 216 g/mol. The van der Waals surface area contributed by atoms with E-state index in [2.05, 4.69) is 6.92 Å². The van der Waals surface area contributed by atoms with Gasteiger partial charge in [0.1, 0.15) is 0 Å². The first kappa shape index (κ1) is 12.9. The first-order valence-electron chi connectivity index (χ1n) is 5.89. The van der Waals surface area contributed by atoms with Crippen molar-refractivity contribution in [3.8, 4) is 0 Å². The second kappa shape index (κ2) is 4.81. The molecule has 1 rings (SSSR count). The molecule has 0 spiro atoms. The van der Waals surface area contributed by atoms with Gasteiger partial charge in [-0.05, 0) is 40.0 Å². The third kappa shape index (κ3) is 4.49. The molecule has 90 valence electrons. The lowest BCUT2D eigenvalue weighted by Crippen LogP contribution is -2.28. The molecule has 0 aliphatic carbocycles. The fourth-order valence-electron chi connectivity index (χ4n) is 1.86. The molecule has 0 aromatic rings. The zero-order valence-corrected chi connectivity index (χ0v) is 10.4. The number of hydrogen-bond donors (Lipinski definition) is 1. The topological polar surface area (TPSA) is 38.7 Å². The Bertz CT molecular complexity index is 198. The lowest BCUT2D eigenvalue weighted by atomic mass is 9.99. The molecule has 0 aromatic heterocycles. The van der Waals surface area contributed by atoms with Gasteiger partial charge in [-0.3, -0.25) is 0 Å². The Morgan fingerprint density at radius 3 is 2.60 bits per heavy atom. The molecular formula is C12H24O3. The van der Waals surface area contributed by atoms with Crippen molar-refractivity contribution in [1.29, 1.82) is 0 Å². The zero-order chi connectivity index (χ0) is 11.5. The van der Waals surface area contributed by atoms with Crippen LogP contribution in [0.3, 0.4) is 0 Å². The highest BCUT2D eigenvalue weighted by Crippen LogP contribution is 2.30. The van der Waals surface area contributed by atoms with Crippen LogP contribution in [0.25, 0.3) is 0 Å². The van der Waals surface area contributed by atoms with Crippen molar-refractivity contribution >= 4 is 0 Å². The van der Waals surface area contributed by atoms with E-state index in [1.54, 1.807) is 0 Å². The molecule has 1 aliphatic heterocycles. The molecule has 1 aliphatic rings. The van der Waals surface area contributed by atoms with Crippen LogP contribution in [-0.4, -0.2) is 29.2 Å².